The van der Waals surface area contributed by atoms with E-state index in [9.17, 15) is 9.18 Å². The first-order chi connectivity index (χ1) is 13.0. The average molecular weight is 385 g/mol. The monoisotopic (exact) mass is 384 g/mol. The fourth-order valence-corrected chi connectivity index (χ4v) is 3.44. The molecule has 0 radical (unpaired) electrons. The molecule has 0 bridgehead atoms. The molecule has 1 saturated heterocycles. The highest BCUT2D eigenvalue weighted by Gasteiger charge is 2.24. The molecule has 1 fully saturated rings. The Morgan fingerprint density at radius 3 is 2.74 bits per heavy atom. The van der Waals surface area contributed by atoms with Crippen molar-refractivity contribution in [1.82, 2.24) is 14.9 Å². The van der Waals surface area contributed by atoms with Gasteiger partial charge in [0.05, 0.1) is 16.9 Å². The molecule has 4 rings (SSSR count). The van der Waals surface area contributed by atoms with E-state index >= 15 is 0 Å². The number of benzene rings is 1. The number of likely N-dealkylation sites (tertiary alicyclic amines) is 1. The molecule has 27 heavy (non-hydrogen) atoms. The van der Waals surface area contributed by atoms with Gasteiger partial charge >= 0.3 is 0 Å². The zero-order chi connectivity index (χ0) is 19.0. The summed E-state index contributed by atoms with van der Waals surface area (Å²) in [6.45, 7) is 3.31. The van der Waals surface area contributed by atoms with Crippen molar-refractivity contribution in [3.63, 3.8) is 0 Å². The van der Waals surface area contributed by atoms with Gasteiger partial charge in [-0.1, -0.05) is 11.6 Å². The summed E-state index contributed by atoms with van der Waals surface area (Å²) in [5.74, 6) is -0.605. The van der Waals surface area contributed by atoms with Gasteiger partial charge in [0.2, 0.25) is 0 Å². The van der Waals surface area contributed by atoms with Crippen LogP contribution >= 0.6 is 11.6 Å². The number of amides is 1. The van der Waals surface area contributed by atoms with Crippen molar-refractivity contribution < 1.29 is 9.18 Å². The topological polar surface area (TPSA) is 58.1 Å². The lowest BCUT2D eigenvalue weighted by Gasteiger charge is -2.19. The number of rotatable bonds is 3. The fourth-order valence-electron chi connectivity index (χ4n) is 3.28. The second-order valence-corrected chi connectivity index (χ2v) is 7.06. The summed E-state index contributed by atoms with van der Waals surface area (Å²) in [7, 11) is 0. The van der Waals surface area contributed by atoms with Gasteiger partial charge in [-0.3, -0.25) is 4.79 Å². The first kappa shape index (κ1) is 17.7. The highest BCUT2D eigenvalue weighted by atomic mass is 35.5. The fraction of sp³-hybridized carbons (Fsp3) is 0.250. The Kier molecular flexibility index (Phi) is 4.66. The average Bonchev–Trinajstić information content (AvgIpc) is 3.18. The maximum Gasteiger partial charge on any atom is 0.257 e. The summed E-state index contributed by atoms with van der Waals surface area (Å²) in [6.07, 6.45) is 3.50. The van der Waals surface area contributed by atoms with E-state index in [2.05, 4.69) is 15.3 Å². The Balaban J connectivity index is 1.85. The van der Waals surface area contributed by atoms with E-state index in [-0.39, 0.29) is 11.6 Å². The molecule has 0 aliphatic carbocycles. The van der Waals surface area contributed by atoms with Crippen LogP contribution in [0, 0.1) is 12.7 Å². The SMILES string of the molecule is Cc1ccc2c(Nc3ccc(Cl)cc3F)c(C(=O)N3CCCC3)cnc2n1. The van der Waals surface area contributed by atoms with Gasteiger partial charge in [-0.15, -0.1) is 0 Å². The van der Waals surface area contributed by atoms with Crippen LogP contribution in [0.1, 0.15) is 28.9 Å². The minimum absolute atomic E-state index is 0.112. The Morgan fingerprint density at radius 1 is 1.22 bits per heavy atom. The van der Waals surface area contributed by atoms with Crippen LogP contribution in [0.15, 0.2) is 36.5 Å². The summed E-state index contributed by atoms with van der Waals surface area (Å²) in [5, 5.41) is 4.05. The number of fused-ring (bicyclic) bond motifs is 1. The molecule has 0 atom stereocenters. The molecule has 0 saturated carbocycles. The number of aryl methyl sites for hydroxylation is 1. The number of nitrogens with zero attached hydrogens (tertiary/aromatic N) is 3. The molecule has 1 aromatic carbocycles. The Morgan fingerprint density at radius 2 is 2.00 bits per heavy atom. The molecule has 2 aromatic heterocycles. The van der Waals surface area contributed by atoms with E-state index in [0.29, 0.717) is 27.3 Å². The summed E-state index contributed by atoms with van der Waals surface area (Å²) in [5.41, 5.74) is 2.47. The first-order valence-corrected chi connectivity index (χ1v) is 9.18. The van der Waals surface area contributed by atoms with Crippen molar-refractivity contribution in [2.24, 2.45) is 0 Å². The lowest BCUT2D eigenvalue weighted by molar-refractivity contribution is 0.0793. The number of anilines is 2. The van der Waals surface area contributed by atoms with Crippen LogP contribution in [-0.2, 0) is 0 Å². The van der Waals surface area contributed by atoms with Crippen LogP contribution in [0.25, 0.3) is 11.0 Å². The largest absolute Gasteiger partial charge is 0.352 e. The molecule has 1 aliphatic heterocycles. The lowest BCUT2D eigenvalue weighted by atomic mass is 10.1. The number of hydrogen-bond donors (Lipinski definition) is 1. The summed E-state index contributed by atoms with van der Waals surface area (Å²) >= 11 is 5.85. The Labute approximate surface area is 161 Å². The van der Waals surface area contributed by atoms with Gasteiger partial charge in [-0.25, -0.2) is 14.4 Å². The zero-order valence-corrected chi connectivity index (χ0v) is 15.6. The standard InChI is InChI=1S/C20H18ClFN4O/c1-12-4-6-14-18(25-17-7-5-13(21)10-16(17)22)15(11-23-19(14)24-12)20(27)26-8-2-3-9-26/h4-7,10-11H,2-3,8-9H2,1H3,(H,23,24,25). The molecule has 0 unspecified atom stereocenters. The van der Waals surface area contributed by atoms with E-state index in [1.165, 1.54) is 12.3 Å². The zero-order valence-electron chi connectivity index (χ0n) is 14.8. The first-order valence-electron chi connectivity index (χ1n) is 8.80. The molecule has 7 heteroatoms. The second kappa shape index (κ2) is 7.12. The van der Waals surface area contributed by atoms with E-state index in [4.69, 9.17) is 11.6 Å². The maximum absolute atomic E-state index is 14.4. The van der Waals surface area contributed by atoms with Crippen molar-refractivity contribution in [1.29, 1.82) is 0 Å². The number of carbonyl (C=O) groups excluding carboxylic acids is 1. The van der Waals surface area contributed by atoms with Crippen molar-refractivity contribution >= 4 is 39.9 Å². The highest BCUT2D eigenvalue weighted by Crippen LogP contribution is 2.31. The van der Waals surface area contributed by atoms with Gasteiger partial charge < -0.3 is 10.2 Å². The molecule has 3 aromatic rings. The number of nitrogens with one attached hydrogen (secondary N) is 1. The molecule has 5 nitrogen and oxygen atoms in total. The minimum Gasteiger partial charge on any atom is -0.352 e. The molecular formula is C20H18ClFN4O. The maximum atomic E-state index is 14.4. The van der Waals surface area contributed by atoms with Crippen molar-refractivity contribution in [3.05, 3.63) is 58.6 Å². The van der Waals surface area contributed by atoms with E-state index < -0.39 is 5.82 Å². The number of carbonyl (C=O) groups is 1. The summed E-state index contributed by atoms with van der Waals surface area (Å²) in [6, 6.07) is 8.08. The van der Waals surface area contributed by atoms with Crippen molar-refractivity contribution in [2.75, 3.05) is 18.4 Å². The third-order valence-electron chi connectivity index (χ3n) is 4.68. The van der Waals surface area contributed by atoms with Crippen LogP contribution < -0.4 is 5.32 Å². The number of halogens is 2. The van der Waals surface area contributed by atoms with Gasteiger partial charge in [0, 0.05) is 35.4 Å². The normalized spacial score (nSPS) is 14.0. The van der Waals surface area contributed by atoms with Gasteiger partial charge in [0.15, 0.2) is 5.65 Å². The predicted octanol–water partition coefficient (Wildman–Crippen LogP) is 4.71. The third-order valence-corrected chi connectivity index (χ3v) is 4.92. The Hall–Kier alpha value is -2.73. The lowest BCUT2D eigenvalue weighted by Crippen LogP contribution is -2.28. The van der Waals surface area contributed by atoms with Crippen LogP contribution in [-0.4, -0.2) is 33.9 Å². The summed E-state index contributed by atoms with van der Waals surface area (Å²) in [4.78, 5) is 23.6. The van der Waals surface area contributed by atoms with Gasteiger partial charge in [-0.05, 0) is 50.1 Å². The molecule has 1 N–H and O–H groups in total. The van der Waals surface area contributed by atoms with E-state index in [1.54, 1.807) is 17.0 Å². The smallest absolute Gasteiger partial charge is 0.257 e. The van der Waals surface area contributed by atoms with Crippen LogP contribution in [0.4, 0.5) is 15.8 Å². The number of aromatic nitrogens is 2. The van der Waals surface area contributed by atoms with Gasteiger partial charge in [0.1, 0.15) is 5.82 Å². The molecular weight excluding hydrogens is 367 g/mol. The molecule has 1 aliphatic rings. The van der Waals surface area contributed by atoms with Crippen LogP contribution in [0.3, 0.4) is 0 Å². The van der Waals surface area contributed by atoms with Gasteiger partial charge in [-0.2, -0.15) is 0 Å². The highest BCUT2D eigenvalue weighted by molar-refractivity contribution is 6.30. The van der Waals surface area contributed by atoms with Gasteiger partial charge in [0.25, 0.3) is 5.91 Å². The molecule has 138 valence electrons. The molecule has 0 spiro atoms. The molecule has 1 amide bonds. The van der Waals surface area contributed by atoms with Crippen molar-refractivity contribution in [3.8, 4) is 0 Å². The molecule has 3 heterocycles. The third kappa shape index (κ3) is 3.45. The van der Waals surface area contributed by atoms with Crippen molar-refractivity contribution in [2.45, 2.75) is 19.8 Å². The second-order valence-electron chi connectivity index (χ2n) is 6.62. The minimum atomic E-state index is -0.493. The van der Waals surface area contributed by atoms with Crippen LogP contribution in [0.5, 0.6) is 0 Å². The van der Waals surface area contributed by atoms with E-state index in [0.717, 1.165) is 31.6 Å². The number of hydrogen-bond acceptors (Lipinski definition) is 4. The predicted molar refractivity (Wildman–Crippen MR) is 104 cm³/mol. The van der Waals surface area contributed by atoms with Crippen LogP contribution in [0.2, 0.25) is 5.02 Å². The quantitative estimate of drug-likeness (QED) is 0.710. The van der Waals surface area contributed by atoms with E-state index in [1.807, 2.05) is 19.1 Å². The Bertz CT molecular complexity index is 1030. The number of pyridine rings is 2. The summed E-state index contributed by atoms with van der Waals surface area (Å²) < 4.78 is 14.4.